The summed E-state index contributed by atoms with van der Waals surface area (Å²) in [6, 6.07) is 9.55. The van der Waals surface area contributed by atoms with Crippen molar-refractivity contribution < 1.29 is 19.2 Å². The van der Waals surface area contributed by atoms with E-state index in [1.807, 2.05) is 37.3 Å². The summed E-state index contributed by atoms with van der Waals surface area (Å²) in [4.78, 5) is 26.9. The van der Waals surface area contributed by atoms with Gasteiger partial charge in [-0.15, -0.1) is 11.3 Å². The smallest absolute Gasteiger partial charge is 0.413 e. The van der Waals surface area contributed by atoms with E-state index in [9.17, 15) is 9.90 Å². The first kappa shape index (κ1) is 21.5. The Bertz CT molecular complexity index is 984. The third kappa shape index (κ3) is 5.44. The number of anilines is 1. The maximum Gasteiger partial charge on any atom is 0.413 e. The van der Waals surface area contributed by atoms with Crippen molar-refractivity contribution in [3.05, 3.63) is 64.8 Å². The van der Waals surface area contributed by atoms with Crippen LogP contribution in [-0.4, -0.2) is 33.4 Å². The van der Waals surface area contributed by atoms with Gasteiger partial charge in [-0.2, -0.15) is 0 Å². The van der Waals surface area contributed by atoms with Gasteiger partial charge in [0.25, 0.3) is 0 Å². The number of carbonyl (C=O) groups is 1. The molecule has 1 amide bonds. The number of hydrogen-bond donors (Lipinski definition) is 1. The topological polar surface area (TPSA) is 101 Å². The van der Waals surface area contributed by atoms with Gasteiger partial charge in [-0.25, -0.2) is 14.8 Å². The molecular weight excluding hydrogens is 404 g/mol. The van der Waals surface area contributed by atoms with Crippen molar-refractivity contribution in [2.24, 2.45) is 5.16 Å². The molecule has 158 valence electrons. The van der Waals surface area contributed by atoms with E-state index < -0.39 is 6.09 Å². The van der Waals surface area contributed by atoms with Gasteiger partial charge in [-0.05, 0) is 13.3 Å². The molecule has 9 heteroatoms. The average molecular weight is 429 g/mol. The Labute approximate surface area is 178 Å². The quantitative estimate of drug-likeness (QED) is 0.274. The number of carboxylic acid groups (broad SMARTS) is 1. The number of aryl methyl sites for hydroxylation is 1. The van der Waals surface area contributed by atoms with Crippen molar-refractivity contribution in [1.29, 1.82) is 0 Å². The Morgan fingerprint density at radius 3 is 2.77 bits per heavy atom. The van der Waals surface area contributed by atoms with Gasteiger partial charge in [0.15, 0.2) is 29.6 Å². The lowest BCUT2D eigenvalue weighted by Crippen LogP contribution is -2.30. The molecule has 0 spiro atoms. The Balaban J connectivity index is 1.71. The number of hydrogen-bond acceptors (Lipinski definition) is 7. The van der Waals surface area contributed by atoms with Crippen LogP contribution in [0, 0.1) is 6.92 Å². The maximum atomic E-state index is 11.6. The summed E-state index contributed by atoms with van der Waals surface area (Å²) in [5.74, 6) is 0.535. The average Bonchev–Trinajstić information content (AvgIpc) is 3.38. The molecule has 0 unspecified atom stereocenters. The molecule has 3 aromatic rings. The zero-order valence-electron chi connectivity index (χ0n) is 16.9. The summed E-state index contributed by atoms with van der Waals surface area (Å²) in [5.41, 5.74) is 2.69. The zero-order valence-corrected chi connectivity index (χ0v) is 17.8. The van der Waals surface area contributed by atoms with Crippen LogP contribution in [0.3, 0.4) is 0 Å². The van der Waals surface area contributed by atoms with Gasteiger partial charge in [0.05, 0.1) is 11.4 Å². The molecule has 1 N–H and O–H groups in total. The molecule has 0 saturated carbocycles. The number of benzene rings is 1. The largest absolute Gasteiger partial charge is 0.465 e. The van der Waals surface area contributed by atoms with E-state index in [1.165, 1.54) is 22.6 Å². The monoisotopic (exact) mass is 428 g/mol. The highest BCUT2D eigenvalue weighted by Crippen LogP contribution is 2.22. The van der Waals surface area contributed by atoms with Crippen LogP contribution < -0.4 is 4.90 Å². The van der Waals surface area contributed by atoms with Crippen molar-refractivity contribution in [1.82, 2.24) is 9.97 Å². The van der Waals surface area contributed by atoms with Crippen molar-refractivity contribution >= 4 is 28.3 Å². The Morgan fingerprint density at radius 2 is 2.10 bits per heavy atom. The highest BCUT2D eigenvalue weighted by molar-refractivity contribution is 7.14. The predicted molar refractivity (Wildman–Crippen MR) is 115 cm³/mol. The molecule has 1 aromatic carbocycles. The standard InChI is InChI=1S/C21H24N4O4S/c1-3-4-8-11-25(21(26)27)20-23-17(13-30-20)12-29-24-18(16-9-6-5-7-10-16)19-15(2)22-14-28-19/h5-7,9-10,13-14H,3-4,8,11-12H2,1-2H3,(H,26,27)/b24-18-. The highest BCUT2D eigenvalue weighted by atomic mass is 32.1. The lowest BCUT2D eigenvalue weighted by Gasteiger charge is -2.15. The summed E-state index contributed by atoms with van der Waals surface area (Å²) >= 11 is 1.28. The fourth-order valence-electron chi connectivity index (χ4n) is 2.79. The van der Waals surface area contributed by atoms with Crippen LogP contribution in [0.25, 0.3) is 0 Å². The molecule has 0 radical (unpaired) electrons. The van der Waals surface area contributed by atoms with Gasteiger partial charge in [0.1, 0.15) is 0 Å². The molecule has 2 aromatic heterocycles. The number of oxime groups is 1. The van der Waals surface area contributed by atoms with E-state index in [0.717, 1.165) is 24.8 Å². The number of rotatable bonds is 10. The molecule has 0 saturated heterocycles. The van der Waals surface area contributed by atoms with Crippen LogP contribution in [0.5, 0.6) is 0 Å². The minimum absolute atomic E-state index is 0.114. The van der Waals surface area contributed by atoms with E-state index in [4.69, 9.17) is 9.25 Å². The second-order valence-corrected chi connectivity index (χ2v) is 7.45. The normalized spacial score (nSPS) is 11.5. The van der Waals surface area contributed by atoms with Crippen LogP contribution in [-0.2, 0) is 11.4 Å². The molecule has 0 aliphatic carbocycles. The zero-order chi connectivity index (χ0) is 21.3. The minimum Gasteiger partial charge on any atom is -0.465 e. The summed E-state index contributed by atoms with van der Waals surface area (Å²) < 4.78 is 5.48. The van der Waals surface area contributed by atoms with Gasteiger partial charge in [-0.1, -0.05) is 55.3 Å². The SMILES string of the molecule is CCCCCN(C(=O)O)c1nc(CO/N=C(/c2ccccc2)c2ocnc2C)cs1. The Kier molecular flexibility index (Phi) is 7.56. The first-order chi connectivity index (χ1) is 14.6. The first-order valence-corrected chi connectivity index (χ1v) is 10.6. The number of thiazole rings is 1. The lowest BCUT2D eigenvalue weighted by atomic mass is 10.1. The molecule has 2 heterocycles. The maximum absolute atomic E-state index is 11.6. The molecule has 8 nitrogen and oxygen atoms in total. The number of aromatic nitrogens is 2. The lowest BCUT2D eigenvalue weighted by molar-refractivity contribution is 0.128. The second-order valence-electron chi connectivity index (χ2n) is 6.61. The molecular formula is C21H24N4O4S. The van der Waals surface area contributed by atoms with E-state index in [1.54, 1.807) is 5.38 Å². The van der Waals surface area contributed by atoms with Gasteiger partial charge in [-0.3, -0.25) is 4.90 Å². The summed E-state index contributed by atoms with van der Waals surface area (Å²) in [7, 11) is 0. The van der Waals surface area contributed by atoms with Gasteiger partial charge < -0.3 is 14.4 Å². The van der Waals surface area contributed by atoms with Crippen LogP contribution >= 0.6 is 11.3 Å². The van der Waals surface area contributed by atoms with Crippen molar-refractivity contribution in [2.75, 3.05) is 11.4 Å². The fourth-order valence-corrected chi connectivity index (χ4v) is 3.62. The van der Waals surface area contributed by atoms with Crippen molar-refractivity contribution in [2.45, 2.75) is 39.7 Å². The second kappa shape index (κ2) is 10.5. The van der Waals surface area contributed by atoms with Crippen molar-refractivity contribution in [3.63, 3.8) is 0 Å². The van der Waals surface area contributed by atoms with Gasteiger partial charge >= 0.3 is 6.09 Å². The number of nitrogens with zero attached hydrogens (tertiary/aromatic N) is 4. The molecule has 0 atom stereocenters. The first-order valence-electron chi connectivity index (χ1n) is 9.70. The predicted octanol–water partition coefficient (Wildman–Crippen LogP) is 5.08. The molecule has 0 bridgehead atoms. The fraction of sp³-hybridized carbons (Fsp3) is 0.333. The van der Waals surface area contributed by atoms with Crippen LogP contribution in [0.4, 0.5) is 9.93 Å². The number of unbranched alkanes of at least 4 members (excludes halogenated alkanes) is 2. The Hall–Kier alpha value is -3.20. The summed E-state index contributed by atoms with van der Waals surface area (Å²) in [6.07, 6.45) is 3.17. The van der Waals surface area contributed by atoms with E-state index in [-0.39, 0.29) is 6.61 Å². The minimum atomic E-state index is -1.00. The molecule has 30 heavy (non-hydrogen) atoms. The third-order valence-electron chi connectivity index (χ3n) is 4.36. The van der Waals surface area contributed by atoms with Crippen LogP contribution in [0.1, 0.15) is 48.9 Å². The summed E-state index contributed by atoms with van der Waals surface area (Å²) in [5, 5.41) is 15.9. The van der Waals surface area contributed by atoms with Gasteiger partial charge in [0.2, 0.25) is 0 Å². The molecule has 0 aliphatic heterocycles. The summed E-state index contributed by atoms with van der Waals surface area (Å²) in [6.45, 7) is 4.46. The van der Waals surface area contributed by atoms with E-state index in [0.29, 0.717) is 34.5 Å². The number of oxazole rings is 1. The Morgan fingerprint density at radius 1 is 1.30 bits per heavy atom. The van der Waals surface area contributed by atoms with Crippen molar-refractivity contribution in [3.8, 4) is 0 Å². The van der Waals surface area contributed by atoms with Crippen LogP contribution in [0.15, 0.2) is 51.7 Å². The third-order valence-corrected chi connectivity index (χ3v) is 5.28. The van der Waals surface area contributed by atoms with Crippen LogP contribution in [0.2, 0.25) is 0 Å². The van der Waals surface area contributed by atoms with Gasteiger partial charge in [0, 0.05) is 17.5 Å². The van der Waals surface area contributed by atoms with E-state index in [2.05, 4.69) is 22.0 Å². The molecule has 3 rings (SSSR count). The number of amides is 1. The molecule has 0 aliphatic rings. The van der Waals surface area contributed by atoms with E-state index >= 15 is 0 Å². The molecule has 0 fully saturated rings. The highest BCUT2D eigenvalue weighted by Gasteiger charge is 2.18.